The number of amides is 3. The smallest absolute Gasteiger partial charge is 0.247 e. The number of nitrogens with zero attached hydrogens (tertiary/aromatic N) is 1. The van der Waals surface area contributed by atoms with Crippen molar-refractivity contribution in [3.8, 4) is 0 Å². The van der Waals surface area contributed by atoms with E-state index in [0.717, 1.165) is 17.3 Å². The summed E-state index contributed by atoms with van der Waals surface area (Å²) in [6.45, 7) is 1.62. The molecule has 1 aromatic rings. The standard InChI is InChI=1S/C19H19BrN2O3/c1-10(17(23)21-14-8-6-13(20)7-9-14)22-18(24)15-11-2-3-12(5-4-11)16(15)19(22)25/h2-3,6-12,15-16H,4-5H2,1H3,(H,21,23)/t10-,11+,12+,15+,16+/m1/s1. The van der Waals surface area contributed by atoms with E-state index < -0.39 is 6.04 Å². The maximum atomic E-state index is 12.9. The van der Waals surface area contributed by atoms with E-state index in [-0.39, 0.29) is 41.4 Å². The van der Waals surface area contributed by atoms with E-state index in [1.54, 1.807) is 19.1 Å². The van der Waals surface area contributed by atoms with Crippen molar-refractivity contribution in [1.82, 2.24) is 4.90 Å². The fourth-order valence-corrected chi connectivity index (χ4v) is 4.64. The van der Waals surface area contributed by atoms with Gasteiger partial charge in [0.1, 0.15) is 6.04 Å². The van der Waals surface area contributed by atoms with Crippen molar-refractivity contribution in [1.29, 1.82) is 0 Å². The first-order valence-corrected chi connectivity index (χ1v) is 9.38. The lowest BCUT2D eigenvalue weighted by atomic mass is 9.63. The lowest BCUT2D eigenvalue weighted by Gasteiger charge is -2.38. The molecule has 1 heterocycles. The minimum atomic E-state index is -0.811. The van der Waals surface area contributed by atoms with Crippen LogP contribution >= 0.6 is 15.9 Å². The second kappa shape index (κ2) is 6.09. The Morgan fingerprint density at radius 3 is 2.08 bits per heavy atom. The molecule has 5 atom stereocenters. The highest BCUT2D eigenvalue weighted by atomic mass is 79.9. The maximum Gasteiger partial charge on any atom is 0.247 e. The van der Waals surface area contributed by atoms with Gasteiger partial charge in [-0.25, -0.2) is 0 Å². The molecule has 1 saturated heterocycles. The zero-order valence-electron chi connectivity index (χ0n) is 13.8. The summed E-state index contributed by atoms with van der Waals surface area (Å²) in [4.78, 5) is 39.5. The van der Waals surface area contributed by atoms with Gasteiger partial charge in [0.15, 0.2) is 0 Å². The van der Waals surface area contributed by atoms with Crippen molar-refractivity contribution in [3.05, 3.63) is 40.9 Å². The van der Waals surface area contributed by atoms with Gasteiger partial charge in [0, 0.05) is 10.2 Å². The Hall–Kier alpha value is -1.95. The summed E-state index contributed by atoms with van der Waals surface area (Å²) in [7, 11) is 0. The van der Waals surface area contributed by atoms with Crippen LogP contribution in [0.2, 0.25) is 0 Å². The molecule has 25 heavy (non-hydrogen) atoms. The van der Waals surface area contributed by atoms with Gasteiger partial charge in [0.05, 0.1) is 11.8 Å². The predicted molar refractivity (Wildman–Crippen MR) is 96.4 cm³/mol. The summed E-state index contributed by atoms with van der Waals surface area (Å²) in [5, 5.41) is 2.78. The number of rotatable bonds is 3. The minimum Gasteiger partial charge on any atom is -0.324 e. The molecule has 2 fully saturated rings. The van der Waals surface area contributed by atoms with E-state index in [1.807, 2.05) is 12.1 Å². The van der Waals surface area contributed by atoms with Gasteiger partial charge in [-0.3, -0.25) is 19.3 Å². The molecule has 0 aromatic heterocycles. The second-order valence-electron chi connectivity index (χ2n) is 7.06. The summed E-state index contributed by atoms with van der Waals surface area (Å²) >= 11 is 3.35. The molecule has 3 aliphatic carbocycles. The first-order valence-electron chi connectivity index (χ1n) is 8.59. The van der Waals surface area contributed by atoms with Crippen molar-refractivity contribution in [2.24, 2.45) is 23.7 Å². The van der Waals surface area contributed by atoms with Gasteiger partial charge in [-0.1, -0.05) is 28.1 Å². The molecule has 1 saturated carbocycles. The van der Waals surface area contributed by atoms with Gasteiger partial charge in [-0.15, -0.1) is 0 Å². The van der Waals surface area contributed by atoms with Crippen LogP contribution in [0.1, 0.15) is 19.8 Å². The Kier molecular flexibility index (Phi) is 4.02. The number of benzene rings is 1. The third kappa shape index (κ3) is 2.63. The van der Waals surface area contributed by atoms with E-state index >= 15 is 0 Å². The Balaban J connectivity index is 1.53. The second-order valence-corrected chi connectivity index (χ2v) is 7.98. The molecule has 4 aliphatic rings. The number of fused-ring (bicyclic) bond motifs is 1. The zero-order chi connectivity index (χ0) is 17.7. The Labute approximate surface area is 154 Å². The third-order valence-electron chi connectivity index (χ3n) is 5.67. The number of halogens is 1. The molecular weight excluding hydrogens is 384 g/mol. The minimum absolute atomic E-state index is 0.137. The molecule has 6 heteroatoms. The molecule has 1 aromatic carbocycles. The highest BCUT2D eigenvalue weighted by Gasteiger charge is 2.58. The number of allylic oxidation sites excluding steroid dienone is 2. The van der Waals surface area contributed by atoms with Crippen molar-refractivity contribution < 1.29 is 14.4 Å². The van der Waals surface area contributed by atoms with Gasteiger partial charge >= 0.3 is 0 Å². The van der Waals surface area contributed by atoms with E-state index in [4.69, 9.17) is 0 Å². The van der Waals surface area contributed by atoms with Gasteiger partial charge in [-0.2, -0.15) is 0 Å². The van der Waals surface area contributed by atoms with Crippen LogP contribution in [0.3, 0.4) is 0 Å². The van der Waals surface area contributed by atoms with Crippen molar-refractivity contribution >= 4 is 39.3 Å². The van der Waals surface area contributed by atoms with Crippen LogP contribution in [0, 0.1) is 23.7 Å². The lowest BCUT2D eigenvalue weighted by Crippen LogP contribution is -2.46. The molecule has 0 unspecified atom stereocenters. The number of imide groups is 1. The van der Waals surface area contributed by atoms with Crippen molar-refractivity contribution in [3.63, 3.8) is 0 Å². The number of hydrogen-bond donors (Lipinski definition) is 1. The quantitative estimate of drug-likeness (QED) is 0.624. The van der Waals surface area contributed by atoms with E-state index in [0.29, 0.717) is 5.69 Å². The average molecular weight is 403 g/mol. The Morgan fingerprint density at radius 1 is 1.08 bits per heavy atom. The molecular formula is C19H19BrN2O3. The molecule has 1 aliphatic heterocycles. The summed E-state index contributed by atoms with van der Waals surface area (Å²) in [6, 6.07) is 6.38. The number of likely N-dealkylation sites (tertiary alicyclic amines) is 1. The van der Waals surface area contributed by atoms with Crippen LogP contribution in [0.15, 0.2) is 40.9 Å². The molecule has 5 nitrogen and oxygen atoms in total. The van der Waals surface area contributed by atoms with E-state index in [1.165, 1.54) is 4.90 Å². The van der Waals surface area contributed by atoms with Crippen molar-refractivity contribution in [2.45, 2.75) is 25.8 Å². The Morgan fingerprint density at radius 2 is 1.60 bits per heavy atom. The summed E-state index contributed by atoms with van der Waals surface area (Å²) in [5.41, 5.74) is 0.637. The number of carbonyl (C=O) groups is 3. The Bertz CT molecular complexity index is 741. The van der Waals surface area contributed by atoms with Crippen LogP contribution in [-0.2, 0) is 14.4 Å². The number of hydrogen-bond acceptors (Lipinski definition) is 3. The molecule has 5 rings (SSSR count). The zero-order valence-corrected chi connectivity index (χ0v) is 15.4. The maximum absolute atomic E-state index is 12.9. The average Bonchev–Trinajstić information content (AvgIpc) is 2.90. The predicted octanol–water partition coefficient (Wildman–Crippen LogP) is 2.97. The fourth-order valence-electron chi connectivity index (χ4n) is 4.38. The molecule has 130 valence electrons. The van der Waals surface area contributed by atoms with Gasteiger partial charge < -0.3 is 5.32 Å². The van der Waals surface area contributed by atoms with Crippen LogP contribution in [0.5, 0.6) is 0 Å². The van der Waals surface area contributed by atoms with Crippen molar-refractivity contribution in [2.75, 3.05) is 5.32 Å². The number of carbonyl (C=O) groups excluding carboxylic acids is 3. The van der Waals surface area contributed by atoms with Crippen LogP contribution < -0.4 is 5.32 Å². The largest absolute Gasteiger partial charge is 0.324 e. The fraction of sp³-hybridized carbons (Fsp3) is 0.421. The number of nitrogens with one attached hydrogen (secondary N) is 1. The summed E-state index contributed by atoms with van der Waals surface area (Å²) in [5.74, 6) is -1.00. The van der Waals surface area contributed by atoms with Crippen LogP contribution in [0.4, 0.5) is 5.69 Å². The SMILES string of the molecule is C[C@H](C(=O)Nc1ccc(Br)cc1)N1C(=O)[C@@H]2[C@@H](C1=O)[C@H]1C=C[C@H]2CC1. The van der Waals surface area contributed by atoms with E-state index in [2.05, 4.69) is 33.4 Å². The van der Waals surface area contributed by atoms with Gasteiger partial charge in [0.2, 0.25) is 17.7 Å². The topological polar surface area (TPSA) is 66.5 Å². The first-order chi connectivity index (χ1) is 12.0. The van der Waals surface area contributed by atoms with Crippen LogP contribution in [0.25, 0.3) is 0 Å². The summed E-state index contributed by atoms with van der Waals surface area (Å²) in [6.07, 6.45) is 6.07. The van der Waals surface area contributed by atoms with E-state index in [9.17, 15) is 14.4 Å². The first kappa shape index (κ1) is 16.5. The monoisotopic (exact) mass is 402 g/mol. The molecule has 2 bridgehead atoms. The molecule has 1 N–H and O–H groups in total. The molecule has 0 radical (unpaired) electrons. The van der Waals surface area contributed by atoms with Crippen LogP contribution in [-0.4, -0.2) is 28.7 Å². The third-order valence-corrected chi connectivity index (χ3v) is 6.20. The molecule has 0 spiro atoms. The van der Waals surface area contributed by atoms with Gasteiger partial charge in [0.25, 0.3) is 0 Å². The summed E-state index contributed by atoms with van der Waals surface area (Å²) < 4.78 is 0.912. The lowest BCUT2D eigenvalue weighted by molar-refractivity contribution is -0.146. The van der Waals surface area contributed by atoms with Gasteiger partial charge in [-0.05, 0) is 55.9 Å². The highest BCUT2D eigenvalue weighted by Crippen LogP contribution is 2.49. The normalized spacial score (nSPS) is 31.2. The number of anilines is 1. The molecule has 3 amide bonds. The highest BCUT2D eigenvalue weighted by molar-refractivity contribution is 9.10.